The van der Waals surface area contributed by atoms with E-state index in [0.717, 1.165) is 24.2 Å². The summed E-state index contributed by atoms with van der Waals surface area (Å²) in [7, 11) is 0. The van der Waals surface area contributed by atoms with E-state index in [-0.39, 0.29) is 11.3 Å². The molecule has 2 heterocycles. The molecule has 0 radical (unpaired) electrons. The Bertz CT molecular complexity index is 1030. The maximum atomic E-state index is 13.2. The van der Waals surface area contributed by atoms with Crippen molar-refractivity contribution >= 4 is 17.4 Å². The smallest absolute Gasteiger partial charge is 0.295 e. The summed E-state index contributed by atoms with van der Waals surface area (Å²) >= 11 is 0. The first-order valence-electron chi connectivity index (χ1n) is 11.6. The van der Waals surface area contributed by atoms with Crippen molar-refractivity contribution in [2.75, 3.05) is 39.4 Å². The van der Waals surface area contributed by atoms with Crippen LogP contribution >= 0.6 is 0 Å². The van der Waals surface area contributed by atoms with Crippen LogP contribution in [0.15, 0.2) is 54.1 Å². The van der Waals surface area contributed by atoms with E-state index in [4.69, 9.17) is 4.74 Å². The number of benzene rings is 2. The van der Waals surface area contributed by atoms with Crippen LogP contribution in [0.2, 0.25) is 0 Å². The van der Waals surface area contributed by atoms with Gasteiger partial charge in [-0.25, -0.2) is 0 Å². The van der Waals surface area contributed by atoms with Crippen molar-refractivity contribution in [3.63, 3.8) is 0 Å². The fourth-order valence-electron chi connectivity index (χ4n) is 4.46. The molecule has 6 nitrogen and oxygen atoms in total. The lowest BCUT2D eigenvalue weighted by Gasteiger charge is -2.31. The molecule has 6 heteroatoms. The molecule has 4 rings (SSSR count). The first-order valence-corrected chi connectivity index (χ1v) is 11.6. The monoisotopic (exact) mass is 448 g/mol. The molecule has 1 atom stereocenters. The van der Waals surface area contributed by atoms with Gasteiger partial charge in [0.1, 0.15) is 5.76 Å². The number of aliphatic hydroxyl groups excluding tert-OH is 1. The molecule has 2 saturated heterocycles. The van der Waals surface area contributed by atoms with E-state index in [0.29, 0.717) is 37.8 Å². The summed E-state index contributed by atoms with van der Waals surface area (Å²) in [5.41, 5.74) is 3.76. The summed E-state index contributed by atoms with van der Waals surface area (Å²) in [5.74, 6) is -0.942. The van der Waals surface area contributed by atoms with Crippen molar-refractivity contribution in [1.29, 1.82) is 0 Å². The molecule has 2 fully saturated rings. The number of aliphatic hydroxyl groups is 1. The summed E-state index contributed by atoms with van der Waals surface area (Å²) in [5, 5.41) is 11.2. The van der Waals surface area contributed by atoms with Crippen molar-refractivity contribution in [3.05, 3.63) is 76.4 Å². The summed E-state index contributed by atoms with van der Waals surface area (Å²) in [6, 6.07) is 14.7. The molecule has 0 aromatic heterocycles. The highest BCUT2D eigenvalue weighted by molar-refractivity contribution is 6.46. The SMILES string of the molecule is Cc1ccc(C(O)=C2C(=O)C(=O)N(CCN3CCOCC3)[C@@H]2c2ccc(C(C)C)cc2)cc1. The third kappa shape index (κ3) is 4.87. The van der Waals surface area contributed by atoms with Gasteiger partial charge >= 0.3 is 0 Å². The van der Waals surface area contributed by atoms with Crippen molar-refractivity contribution in [3.8, 4) is 0 Å². The Hall–Kier alpha value is -2.96. The molecule has 174 valence electrons. The van der Waals surface area contributed by atoms with Crippen molar-refractivity contribution in [2.45, 2.75) is 32.7 Å². The van der Waals surface area contributed by atoms with E-state index < -0.39 is 17.7 Å². The summed E-state index contributed by atoms with van der Waals surface area (Å²) in [6.45, 7) is 10.2. The minimum atomic E-state index is -0.631. The van der Waals surface area contributed by atoms with Gasteiger partial charge < -0.3 is 14.7 Å². The van der Waals surface area contributed by atoms with Gasteiger partial charge in [0, 0.05) is 31.7 Å². The first-order chi connectivity index (χ1) is 15.9. The zero-order chi connectivity index (χ0) is 23.5. The van der Waals surface area contributed by atoms with Crippen molar-refractivity contribution in [1.82, 2.24) is 9.80 Å². The quantitative estimate of drug-likeness (QED) is 0.413. The summed E-state index contributed by atoms with van der Waals surface area (Å²) < 4.78 is 5.42. The Morgan fingerprint density at radius 3 is 2.24 bits per heavy atom. The molecule has 0 spiro atoms. The van der Waals surface area contributed by atoms with Gasteiger partial charge in [0.15, 0.2) is 0 Å². The number of likely N-dealkylation sites (tertiary alicyclic amines) is 1. The molecule has 2 aromatic carbocycles. The lowest BCUT2D eigenvalue weighted by molar-refractivity contribution is -0.140. The highest BCUT2D eigenvalue weighted by Gasteiger charge is 2.46. The molecule has 33 heavy (non-hydrogen) atoms. The Balaban J connectivity index is 1.73. The van der Waals surface area contributed by atoms with Gasteiger partial charge in [0.2, 0.25) is 0 Å². The number of nitrogens with zero attached hydrogens (tertiary/aromatic N) is 2. The predicted molar refractivity (Wildman–Crippen MR) is 128 cm³/mol. The van der Waals surface area contributed by atoms with Gasteiger partial charge in [0.25, 0.3) is 11.7 Å². The summed E-state index contributed by atoms with van der Waals surface area (Å²) in [4.78, 5) is 30.1. The maximum Gasteiger partial charge on any atom is 0.295 e. The van der Waals surface area contributed by atoms with Gasteiger partial charge in [0.05, 0.1) is 24.8 Å². The molecule has 1 amide bonds. The molecule has 0 unspecified atom stereocenters. The number of Topliss-reactive ketones (excluding diaryl/α,β-unsaturated/α-hetero) is 1. The van der Waals surface area contributed by atoms with Crippen LogP contribution in [-0.4, -0.2) is 66.0 Å². The number of carbonyl (C=O) groups is 2. The fourth-order valence-corrected chi connectivity index (χ4v) is 4.46. The minimum absolute atomic E-state index is 0.125. The van der Waals surface area contributed by atoms with Crippen LogP contribution < -0.4 is 0 Å². The van der Waals surface area contributed by atoms with Crippen molar-refractivity contribution < 1.29 is 19.4 Å². The Morgan fingerprint density at radius 2 is 1.64 bits per heavy atom. The van der Waals surface area contributed by atoms with Crippen LogP contribution in [-0.2, 0) is 14.3 Å². The minimum Gasteiger partial charge on any atom is -0.507 e. The highest BCUT2D eigenvalue weighted by atomic mass is 16.5. The van der Waals surface area contributed by atoms with Gasteiger partial charge in [-0.05, 0) is 24.0 Å². The molecule has 0 saturated carbocycles. The van der Waals surface area contributed by atoms with Gasteiger partial charge in [-0.2, -0.15) is 0 Å². The molecule has 1 N–H and O–H groups in total. The van der Waals surface area contributed by atoms with Crippen molar-refractivity contribution in [2.24, 2.45) is 0 Å². The standard InChI is InChI=1S/C27H32N2O4/c1-18(2)20-8-10-21(11-9-20)24-23(25(30)22-6-4-19(3)5-7-22)26(31)27(32)29(24)13-12-28-14-16-33-17-15-28/h4-11,18,24,30H,12-17H2,1-3H3/t24-/m1/s1. The second-order valence-electron chi connectivity index (χ2n) is 9.13. The van der Waals surface area contributed by atoms with E-state index in [1.54, 1.807) is 17.0 Å². The first kappa shape index (κ1) is 23.2. The second-order valence-corrected chi connectivity index (χ2v) is 9.13. The molecule has 0 aliphatic carbocycles. The van der Waals surface area contributed by atoms with E-state index >= 15 is 0 Å². The number of hydrogen-bond donors (Lipinski definition) is 1. The van der Waals surface area contributed by atoms with E-state index in [1.807, 2.05) is 43.3 Å². The lowest BCUT2D eigenvalue weighted by Crippen LogP contribution is -2.42. The van der Waals surface area contributed by atoms with Gasteiger partial charge in [-0.1, -0.05) is 67.9 Å². The zero-order valence-corrected chi connectivity index (χ0v) is 19.6. The maximum absolute atomic E-state index is 13.2. The van der Waals surface area contributed by atoms with E-state index in [1.165, 1.54) is 5.56 Å². The Labute approximate surface area is 195 Å². The number of morpholine rings is 1. The summed E-state index contributed by atoms with van der Waals surface area (Å²) in [6.07, 6.45) is 0. The molecule has 0 bridgehead atoms. The lowest BCUT2D eigenvalue weighted by atomic mass is 9.93. The van der Waals surface area contributed by atoms with Crippen LogP contribution in [0.25, 0.3) is 5.76 Å². The third-order valence-corrected chi connectivity index (χ3v) is 6.54. The Kier molecular flexibility index (Phi) is 6.96. The molecular formula is C27H32N2O4. The molecule has 2 aliphatic heterocycles. The van der Waals surface area contributed by atoms with Crippen LogP contribution in [0.1, 0.15) is 48.1 Å². The number of rotatable bonds is 6. The van der Waals surface area contributed by atoms with E-state index in [9.17, 15) is 14.7 Å². The van der Waals surface area contributed by atoms with Crippen LogP contribution in [0, 0.1) is 6.92 Å². The van der Waals surface area contributed by atoms with E-state index in [2.05, 4.69) is 18.7 Å². The van der Waals surface area contributed by atoms with Crippen LogP contribution in [0.3, 0.4) is 0 Å². The predicted octanol–water partition coefficient (Wildman–Crippen LogP) is 3.87. The van der Waals surface area contributed by atoms with Crippen LogP contribution in [0.5, 0.6) is 0 Å². The number of amides is 1. The van der Waals surface area contributed by atoms with Crippen LogP contribution in [0.4, 0.5) is 0 Å². The average Bonchev–Trinajstić information content (AvgIpc) is 3.08. The number of aryl methyl sites for hydroxylation is 1. The number of ketones is 1. The number of carbonyl (C=O) groups excluding carboxylic acids is 2. The second kappa shape index (κ2) is 9.89. The highest BCUT2D eigenvalue weighted by Crippen LogP contribution is 2.39. The largest absolute Gasteiger partial charge is 0.507 e. The topological polar surface area (TPSA) is 70.1 Å². The van der Waals surface area contributed by atoms with Gasteiger partial charge in [-0.15, -0.1) is 0 Å². The third-order valence-electron chi connectivity index (χ3n) is 6.54. The average molecular weight is 449 g/mol. The van der Waals surface area contributed by atoms with Gasteiger partial charge in [-0.3, -0.25) is 14.5 Å². The number of ether oxygens (including phenoxy) is 1. The Morgan fingerprint density at radius 1 is 1.00 bits per heavy atom. The zero-order valence-electron chi connectivity index (χ0n) is 19.6. The molecular weight excluding hydrogens is 416 g/mol. The fraction of sp³-hybridized carbons (Fsp3) is 0.407. The normalized spacial score (nSPS) is 21.2. The number of hydrogen-bond acceptors (Lipinski definition) is 5. The molecule has 2 aliphatic rings. The molecule has 2 aromatic rings.